The van der Waals surface area contributed by atoms with E-state index in [1.54, 1.807) is 0 Å². The Balaban J connectivity index is 2.17. The van der Waals surface area contributed by atoms with Crippen LogP contribution in [-0.2, 0) is 4.79 Å². The Morgan fingerprint density at radius 2 is 2.24 bits per heavy atom. The summed E-state index contributed by atoms with van der Waals surface area (Å²) in [6.45, 7) is 7.18. The fraction of sp³-hybridized carbons (Fsp3) is 0.786. The second kappa shape index (κ2) is 3.84. The average Bonchev–Trinajstić information content (AvgIpc) is 2.52. The Hall–Kier alpha value is -0.830. The maximum atomic E-state index is 11.0. The van der Waals surface area contributed by atoms with Gasteiger partial charge in [-0.25, -0.2) is 0 Å². The Labute approximate surface area is 103 Å². The van der Waals surface area contributed by atoms with Crippen LogP contribution in [-0.4, -0.2) is 17.6 Å². The molecule has 17 heavy (non-hydrogen) atoms. The van der Waals surface area contributed by atoms with Crippen LogP contribution in [0.5, 0.6) is 0 Å². The summed E-state index contributed by atoms with van der Waals surface area (Å²) < 4.78 is 0. The second-order valence-corrected chi connectivity index (χ2v) is 6.77. The van der Waals surface area contributed by atoms with Gasteiger partial charge in [-0.3, -0.25) is 4.79 Å². The van der Waals surface area contributed by atoms with E-state index in [1.165, 1.54) is 5.57 Å². The molecule has 0 bridgehead atoms. The van der Waals surface area contributed by atoms with Crippen LogP contribution in [0.1, 0.15) is 40.0 Å². The van der Waals surface area contributed by atoms with Crippen molar-refractivity contribution in [2.24, 2.45) is 28.4 Å². The van der Waals surface area contributed by atoms with E-state index in [4.69, 9.17) is 10.8 Å². The van der Waals surface area contributed by atoms with E-state index >= 15 is 0 Å². The van der Waals surface area contributed by atoms with Crippen molar-refractivity contribution in [2.75, 3.05) is 6.54 Å². The fourth-order valence-corrected chi connectivity index (χ4v) is 3.54. The van der Waals surface area contributed by atoms with Crippen molar-refractivity contribution in [3.05, 3.63) is 11.6 Å². The summed E-state index contributed by atoms with van der Waals surface area (Å²) in [5.74, 6) is 0.330. The molecule has 0 aromatic carbocycles. The minimum absolute atomic E-state index is 0.163. The molecule has 1 fully saturated rings. The predicted octanol–water partition coefficient (Wildman–Crippen LogP) is 2.42. The molecule has 0 aliphatic heterocycles. The number of rotatable bonds is 3. The lowest BCUT2D eigenvalue weighted by Gasteiger charge is -2.51. The predicted molar refractivity (Wildman–Crippen MR) is 67.5 cm³/mol. The van der Waals surface area contributed by atoms with Gasteiger partial charge in [-0.1, -0.05) is 32.4 Å². The van der Waals surface area contributed by atoms with E-state index in [0.717, 1.165) is 12.8 Å². The standard InChI is InChI=1S/C14H23NO2/c1-13(2,3)10-4-9-6-14(8-15,7-12(16)17)11(9)5-10/h5,9,11H,4,6-8,15H2,1-3H3,(H,16,17)/t9-,11-,14-/m0/s1. The number of nitrogens with two attached hydrogens (primary N) is 1. The maximum Gasteiger partial charge on any atom is 0.303 e. The third-order valence-corrected chi connectivity index (χ3v) is 4.62. The van der Waals surface area contributed by atoms with Gasteiger partial charge in [-0.15, -0.1) is 0 Å². The zero-order chi connectivity index (χ0) is 12.8. The lowest BCUT2D eigenvalue weighted by molar-refractivity contribution is -0.144. The molecule has 0 aromatic heterocycles. The first-order valence-electron chi connectivity index (χ1n) is 6.41. The number of fused-ring (bicyclic) bond motifs is 1. The van der Waals surface area contributed by atoms with Crippen molar-refractivity contribution in [1.82, 2.24) is 0 Å². The molecule has 1 saturated carbocycles. The molecule has 2 aliphatic carbocycles. The van der Waals surface area contributed by atoms with Crippen LogP contribution in [0.4, 0.5) is 0 Å². The van der Waals surface area contributed by atoms with Crippen molar-refractivity contribution in [2.45, 2.75) is 40.0 Å². The highest BCUT2D eigenvalue weighted by atomic mass is 16.4. The number of allylic oxidation sites excluding steroid dienone is 2. The van der Waals surface area contributed by atoms with E-state index in [1.807, 2.05) is 0 Å². The summed E-state index contributed by atoms with van der Waals surface area (Å²) in [6, 6.07) is 0. The first kappa shape index (κ1) is 12.6. The van der Waals surface area contributed by atoms with Crippen molar-refractivity contribution >= 4 is 5.97 Å². The SMILES string of the molecule is CC(C)(C)C1=C[C@H]2[C@@H](C1)C[C@@]2(CN)CC(=O)O. The number of hydrogen-bond acceptors (Lipinski definition) is 2. The first-order valence-corrected chi connectivity index (χ1v) is 6.41. The maximum absolute atomic E-state index is 11.0. The zero-order valence-corrected chi connectivity index (χ0v) is 11.0. The molecule has 96 valence electrons. The number of hydrogen-bond donors (Lipinski definition) is 2. The molecule has 0 amide bonds. The van der Waals surface area contributed by atoms with Crippen molar-refractivity contribution in [3.8, 4) is 0 Å². The number of carboxylic acid groups (broad SMARTS) is 1. The van der Waals surface area contributed by atoms with Gasteiger partial charge in [0.05, 0.1) is 6.42 Å². The fourth-order valence-electron chi connectivity index (χ4n) is 3.54. The van der Waals surface area contributed by atoms with Crippen molar-refractivity contribution in [3.63, 3.8) is 0 Å². The van der Waals surface area contributed by atoms with Gasteiger partial charge in [0, 0.05) is 0 Å². The molecular weight excluding hydrogens is 214 g/mol. The first-order chi connectivity index (χ1) is 7.78. The Bertz CT molecular complexity index is 367. The lowest BCUT2D eigenvalue weighted by atomic mass is 9.53. The van der Waals surface area contributed by atoms with Gasteiger partial charge in [0.1, 0.15) is 0 Å². The summed E-state index contributed by atoms with van der Waals surface area (Å²) in [7, 11) is 0. The van der Waals surface area contributed by atoms with E-state index in [9.17, 15) is 4.79 Å². The molecule has 0 unspecified atom stereocenters. The Morgan fingerprint density at radius 3 is 2.71 bits per heavy atom. The largest absolute Gasteiger partial charge is 0.481 e. The highest BCUT2D eigenvalue weighted by Gasteiger charge is 2.55. The van der Waals surface area contributed by atoms with Crippen LogP contribution in [0.25, 0.3) is 0 Å². The highest BCUT2D eigenvalue weighted by molar-refractivity contribution is 5.68. The molecule has 0 saturated heterocycles. The van der Waals surface area contributed by atoms with Crippen molar-refractivity contribution in [1.29, 1.82) is 0 Å². The molecule has 3 nitrogen and oxygen atoms in total. The molecule has 0 heterocycles. The van der Waals surface area contributed by atoms with Crippen LogP contribution >= 0.6 is 0 Å². The Kier molecular flexibility index (Phi) is 2.85. The lowest BCUT2D eigenvalue weighted by Crippen LogP contribution is -2.51. The van der Waals surface area contributed by atoms with Gasteiger partial charge >= 0.3 is 5.97 Å². The second-order valence-electron chi connectivity index (χ2n) is 6.77. The number of carbonyl (C=O) groups is 1. The third kappa shape index (κ3) is 2.01. The van der Waals surface area contributed by atoms with Gasteiger partial charge in [-0.2, -0.15) is 0 Å². The summed E-state index contributed by atoms with van der Waals surface area (Å²) >= 11 is 0. The van der Waals surface area contributed by atoms with Crippen LogP contribution in [0.3, 0.4) is 0 Å². The minimum atomic E-state index is -0.716. The molecule has 0 radical (unpaired) electrons. The normalized spacial score (nSPS) is 36.1. The molecule has 3 atom stereocenters. The molecule has 2 aliphatic rings. The van der Waals surface area contributed by atoms with Gasteiger partial charge in [0.25, 0.3) is 0 Å². The van der Waals surface area contributed by atoms with Gasteiger partial charge in [0.15, 0.2) is 0 Å². The summed E-state index contributed by atoms with van der Waals surface area (Å²) in [5.41, 5.74) is 7.36. The quantitative estimate of drug-likeness (QED) is 0.741. The van der Waals surface area contributed by atoms with E-state index < -0.39 is 5.97 Å². The van der Waals surface area contributed by atoms with E-state index in [2.05, 4.69) is 26.8 Å². The van der Waals surface area contributed by atoms with Crippen LogP contribution in [0.2, 0.25) is 0 Å². The number of carboxylic acids is 1. The van der Waals surface area contributed by atoms with Gasteiger partial charge < -0.3 is 10.8 Å². The molecule has 0 spiro atoms. The zero-order valence-electron chi connectivity index (χ0n) is 11.0. The van der Waals surface area contributed by atoms with Crippen LogP contribution in [0.15, 0.2) is 11.6 Å². The smallest absolute Gasteiger partial charge is 0.303 e. The Morgan fingerprint density at radius 1 is 1.59 bits per heavy atom. The molecule has 3 N–H and O–H groups in total. The van der Waals surface area contributed by atoms with Gasteiger partial charge in [0.2, 0.25) is 0 Å². The monoisotopic (exact) mass is 237 g/mol. The van der Waals surface area contributed by atoms with Crippen LogP contribution in [0, 0.1) is 22.7 Å². The molecular formula is C14H23NO2. The van der Waals surface area contributed by atoms with Gasteiger partial charge in [-0.05, 0) is 42.1 Å². The summed E-state index contributed by atoms with van der Waals surface area (Å²) in [5, 5.41) is 9.01. The topological polar surface area (TPSA) is 63.3 Å². The minimum Gasteiger partial charge on any atom is -0.481 e. The van der Waals surface area contributed by atoms with E-state index in [-0.39, 0.29) is 17.3 Å². The van der Waals surface area contributed by atoms with E-state index in [0.29, 0.717) is 18.4 Å². The third-order valence-electron chi connectivity index (χ3n) is 4.62. The van der Waals surface area contributed by atoms with Crippen LogP contribution < -0.4 is 5.73 Å². The molecule has 2 rings (SSSR count). The van der Waals surface area contributed by atoms with Crippen molar-refractivity contribution < 1.29 is 9.90 Å². The molecule has 3 heteroatoms. The number of aliphatic carboxylic acids is 1. The molecule has 0 aromatic rings. The summed E-state index contributed by atoms with van der Waals surface area (Å²) in [4.78, 5) is 11.0. The average molecular weight is 237 g/mol. The summed E-state index contributed by atoms with van der Waals surface area (Å²) in [6.07, 6.45) is 4.66. The highest BCUT2D eigenvalue weighted by Crippen LogP contribution is 2.61.